The van der Waals surface area contributed by atoms with Gasteiger partial charge in [0.2, 0.25) is 11.9 Å². The molecule has 0 unspecified atom stereocenters. The molecule has 5 N–H and O–H groups in total. The molecule has 1 saturated heterocycles. The van der Waals surface area contributed by atoms with Gasteiger partial charge in [0.05, 0.1) is 12.4 Å². The SMILES string of the molecule is CCN(c1nc(NCC(c2ccccc2)c2ccccc2)c2ncn([C@@H]3C[C@](C(N)=O)(C(F)(F)C(=O)OF)[C@@H](O)[C@H]3O)c2n1)N1CCCCC1. The number of carbonyl (C=O) groups excluding carboxylic acids is 2. The number of nitrogens with one attached hydrogen (secondary N) is 1. The number of benzene rings is 2. The summed E-state index contributed by atoms with van der Waals surface area (Å²) in [4.78, 5) is 41.4. The summed E-state index contributed by atoms with van der Waals surface area (Å²) in [6.45, 7) is 4.32. The lowest BCUT2D eigenvalue weighted by molar-refractivity contribution is -0.237. The number of imidazole rings is 1. The van der Waals surface area contributed by atoms with Crippen molar-refractivity contribution in [2.24, 2.45) is 11.1 Å². The van der Waals surface area contributed by atoms with Crippen LogP contribution in [-0.2, 0) is 14.5 Å². The summed E-state index contributed by atoms with van der Waals surface area (Å²) < 4.78 is 44.8. The zero-order valence-electron chi connectivity index (χ0n) is 27.3. The molecule has 16 heteroatoms. The molecular weight excluding hydrogens is 657 g/mol. The number of amides is 1. The fourth-order valence-electron chi connectivity index (χ4n) is 7.25. The van der Waals surface area contributed by atoms with Gasteiger partial charge < -0.3 is 25.8 Å². The Kier molecular flexibility index (Phi) is 9.96. The number of fused-ring (bicyclic) bond motifs is 1. The quantitative estimate of drug-likeness (QED) is 0.171. The first-order chi connectivity index (χ1) is 24.0. The van der Waals surface area contributed by atoms with Crippen molar-refractivity contribution in [1.82, 2.24) is 24.5 Å². The normalized spacial score (nSPS) is 22.9. The van der Waals surface area contributed by atoms with Crippen molar-refractivity contribution in [1.29, 1.82) is 0 Å². The standard InChI is InChI=1S/C34H39F3N8O5/c1-2-45(43-16-10-5-11-17-43)32-41-28(39-19-23(21-12-6-3-7-13-21)22-14-8-4-9-15-22)25-29(42-32)44(20-40-25)24-18-33(30(38)48,27(47)26(24)46)34(35,36)31(49)50-37/h3-4,6-9,12-15,20,23-24,26-27,46-47H,2,5,10-11,16-19H2,1H3,(H2,38,48)(H,39,41,42)/t24-,26+,27+,33+/m1/s1. The van der Waals surface area contributed by atoms with Gasteiger partial charge in [-0.05, 0) is 37.3 Å². The molecule has 2 aliphatic rings. The van der Waals surface area contributed by atoms with Gasteiger partial charge in [0, 0.05) is 36.6 Å². The number of hydrogen-bond acceptors (Lipinski definition) is 11. The topological polar surface area (TPSA) is 172 Å². The predicted octanol–water partition coefficient (Wildman–Crippen LogP) is 3.50. The van der Waals surface area contributed by atoms with Crippen molar-refractivity contribution in [3.63, 3.8) is 0 Å². The fourth-order valence-corrected chi connectivity index (χ4v) is 7.25. The number of alkyl halides is 2. The van der Waals surface area contributed by atoms with E-state index in [1.54, 1.807) is 0 Å². The van der Waals surface area contributed by atoms with Crippen molar-refractivity contribution in [2.75, 3.05) is 36.5 Å². The van der Waals surface area contributed by atoms with Gasteiger partial charge in [-0.25, -0.2) is 19.7 Å². The van der Waals surface area contributed by atoms with Crippen LogP contribution in [-0.4, -0.2) is 90.9 Å². The zero-order valence-corrected chi connectivity index (χ0v) is 27.3. The van der Waals surface area contributed by atoms with Gasteiger partial charge in [0.25, 0.3) is 0 Å². The number of hydrogen-bond donors (Lipinski definition) is 4. The fraction of sp³-hybridized carbons (Fsp3) is 0.441. The number of aromatic nitrogens is 4. The largest absolute Gasteiger partial charge is 0.418 e. The number of aliphatic hydroxyl groups excluding tert-OH is 2. The molecule has 1 amide bonds. The number of hydrazine groups is 1. The summed E-state index contributed by atoms with van der Waals surface area (Å²) in [6, 6.07) is 18.3. The van der Waals surface area contributed by atoms with Gasteiger partial charge in [0.1, 0.15) is 12.2 Å². The van der Waals surface area contributed by atoms with Crippen LogP contribution in [0.15, 0.2) is 67.0 Å². The minimum Gasteiger partial charge on any atom is -0.389 e. The maximum atomic E-state index is 15.4. The minimum absolute atomic E-state index is 0.0943. The van der Waals surface area contributed by atoms with Crippen LogP contribution >= 0.6 is 0 Å². The molecule has 2 aromatic carbocycles. The Hall–Kier alpha value is -4.80. The summed E-state index contributed by atoms with van der Waals surface area (Å²) >= 11 is 0. The van der Waals surface area contributed by atoms with Crippen LogP contribution in [0.2, 0.25) is 0 Å². The van der Waals surface area contributed by atoms with Gasteiger partial charge >= 0.3 is 11.9 Å². The lowest BCUT2D eigenvalue weighted by atomic mass is 9.76. The Morgan fingerprint density at radius 1 is 1.06 bits per heavy atom. The Bertz CT molecular complexity index is 1770. The van der Waals surface area contributed by atoms with Gasteiger partial charge in [-0.2, -0.15) is 18.7 Å². The second-order valence-corrected chi connectivity index (χ2v) is 12.7. The molecule has 6 rings (SSSR count). The molecular formula is C34H39F3N8O5. The molecule has 0 bridgehead atoms. The number of rotatable bonds is 12. The average Bonchev–Trinajstić information content (AvgIpc) is 3.68. The lowest BCUT2D eigenvalue weighted by Gasteiger charge is -2.36. The number of primary amides is 1. The van der Waals surface area contributed by atoms with Crippen molar-refractivity contribution in [2.45, 2.75) is 62.7 Å². The monoisotopic (exact) mass is 696 g/mol. The van der Waals surface area contributed by atoms with E-state index in [9.17, 15) is 24.3 Å². The number of aliphatic hydroxyl groups is 2. The third-order valence-corrected chi connectivity index (χ3v) is 9.93. The van der Waals surface area contributed by atoms with Gasteiger partial charge in [0.15, 0.2) is 22.4 Å². The Morgan fingerprint density at radius 2 is 1.68 bits per heavy atom. The molecule has 0 spiro atoms. The van der Waals surface area contributed by atoms with Crippen LogP contribution in [0.25, 0.3) is 11.2 Å². The second kappa shape index (κ2) is 14.2. The maximum absolute atomic E-state index is 15.4. The summed E-state index contributed by atoms with van der Waals surface area (Å²) in [5, 5.41) is 29.5. The first-order valence-electron chi connectivity index (χ1n) is 16.5. The Labute approximate surface area is 285 Å². The molecule has 2 fully saturated rings. The highest BCUT2D eigenvalue weighted by molar-refractivity contribution is 5.92. The highest BCUT2D eigenvalue weighted by Crippen LogP contribution is 2.54. The number of carbonyl (C=O) groups is 2. The van der Waals surface area contributed by atoms with E-state index in [2.05, 4.69) is 20.3 Å². The number of piperidine rings is 1. The molecule has 1 saturated carbocycles. The van der Waals surface area contributed by atoms with Crippen molar-refractivity contribution in [3.8, 4) is 0 Å². The average molecular weight is 697 g/mol. The molecule has 2 aromatic heterocycles. The summed E-state index contributed by atoms with van der Waals surface area (Å²) in [5.74, 6) is -9.00. The van der Waals surface area contributed by atoms with E-state index in [1.807, 2.05) is 72.6 Å². The van der Waals surface area contributed by atoms with Crippen LogP contribution in [0.3, 0.4) is 0 Å². The number of anilines is 2. The first-order valence-corrected chi connectivity index (χ1v) is 16.5. The van der Waals surface area contributed by atoms with Gasteiger partial charge in [-0.15, -0.1) is 0 Å². The Morgan fingerprint density at radius 3 is 2.24 bits per heavy atom. The van der Waals surface area contributed by atoms with Gasteiger partial charge in [-0.3, -0.25) is 9.80 Å². The molecule has 0 radical (unpaired) electrons. The van der Waals surface area contributed by atoms with Crippen molar-refractivity contribution in [3.05, 3.63) is 78.1 Å². The molecule has 50 heavy (non-hydrogen) atoms. The highest BCUT2D eigenvalue weighted by atomic mass is 19.3. The molecule has 4 aromatic rings. The number of halogens is 3. The van der Waals surface area contributed by atoms with E-state index >= 15 is 8.78 Å². The first kappa shape index (κ1) is 35.0. The van der Waals surface area contributed by atoms with Crippen molar-refractivity contribution < 1.29 is 38.1 Å². The van der Waals surface area contributed by atoms with Gasteiger partial charge in [-0.1, -0.05) is 67.1 Å². The molecule has 3 heterocycles. The minimum atomic E-state index is -4.93. The predicted molar refractivity (Wildman–Crippen MR) is 176 cm³/mol. The van der Waals surface area contributed by atoms with Crippen LogP contribution < -0.4 is 16.1 Å². The summed E-state index contributed by atoms with van der Waals surface area (Å²) in [7, 11) is 0. The maximum Gasteiger partial charge on any atom is 0.418 e. The smallest absolute Gasteiger partial charge is 0.389 e. The van der Waals surface area contributed by atoms with Crippen LogP contribution in [0.1, 0.15) is 55.7 Å². The molecule has 1 aliphatic carbocycles. The van der Waals surface area contributed by atoms with Crippen molar-refractivity contribution >= 4 is 34.8 Å². The summed E-state index contributed by atoms with van der Waals surface area (Å²) in [5.41, 5.74) is 4.35. The third kappa shape index (κ3) is 6.00. The van der Waals surface area contributed by atoms with Crippen LogP contribution in [0, 0.1) is 5.41 Å². The van der Waals surface area contributed by atoms with E-state index in [-0.39, 0.29) is 23.0 Å². The van der Waals surface area contributed by atoms with Crippen LogP contribution in [0.5, 0.6) is 0 Å². The van der Waals surface area contributed by atoms with E-state index in [4.69, 9.17) is 15.7 Å². The van der Waals surface area contributed by atoms with E-state index in [0.29, 0.717) is 18.9 Å². The molecule has 4 atom stereocenters. The van der Waals surface area contributed by atoms with E-state index in [0.717, 1.165) is 43.5 Å². The summed E-state index contributed by atoms with van der Waals surface area (Å²) in [6.07, 6.45) is -1.47. The molecule has 266 valence electrons. The molecule has 1 aliphatic heterocycles. The highest BCUT2D eigenvalue weighted by Gasteiger charge is 2.74. The Balaban J connectivity index is 1.45. The number of nitrogens with zero attached hydrogens (tertiary/aromatic N) is 6. The number of nitrogens with two attached hydrogens (primary N) is 1. The molecule has 13 nitrogen and oxygen atoms in total. The lowest BCUT2D eigenvalue weighted by Crippen LogP contribution is -2.60. The second-order valence-electron chi connectivity index (χ2n) is 12.7. The van der Waals surface area contributed by atoms with E-state index < -0.39 is 47.9 Å². The van der Waals surface area contributed by atoms with E-state index in [1.165, 1.54) is 10.9 Å². The zero-order chi connectivity index (χ0) is 35.6. The van der Waals surface area contributed by atoms with Crippen LogP contribution in [0.4, 0.5) is 25.1 Å². The third-order valence-electron chi connectivity index (χ3n) is 9.93.